The minimum Gasteiger partial charge on any atom is -0.480 e. The van der Waals surface area contributed by atoms with Crippen LogP contribution in [0.5, 0.6) is 0 Å². The fraction of sp³-hybridized carbons (Fsp3) is 0.714. The molecule has 0 radical (unpaired) electrons. The Morgan fingerprint density at radius 3 is 2.35 bits per heavy atom. The van der Waals surface area contributed by atoms with Crippen LogP contribution in [-0.2, 0) is 27.6 Å². The van der Waals surface area contributed by atoms with Crippen molar-refractivity contribution >= 4 is 27.5 Å². The van der Waals surface area contributed by atoms with E-state index in [4.69, 9.17) is 19.8 Å². The molecule has 13 heteroatoms. The highest BCUT2D eigenvalue weighted by Crippen LogP contribution is 2.57. The minimum absolute atomic E-state index is 0.147. The van der Waals surface area contributed by atoms with Crippen LogP contribution >= 0.6 is 15.6 Å². The first-order valence-electron chi connectivity index (χ1n) is 5.28. The van der Waals surface area contributed by atoms with Crippen molar-refractivity contribution in [2.45, 2.75) is 18.9 Å². The molecule has 11 nitrogen and oxygen atoms in total. The molecule has 1 aliphatic rings. The fourth-order valence-electron chi connectivity index (χ4n) is 1.70. The van der Waals surface area contributed by atoms with Crippen LogP contribution in [0.25, 0.3) is 0 Å². The van der Waals surface area contributed by atoms with E-state index in [2.05, 4.69) is 8.83 Å². The molecule has 2 atom stereocenters. The van der Waals surface area contributed by atoms with Crippen LogP contribution in [0.1, 0.15) is 12.8 Å². The Morgan fingerprint density at radius 2 is 1.85 bits per heavy atom. The highest BCUT2D eigenvalue weighted by molar-refractivity contribution is 7.60. The van der Waals surface area contributed by atoms with Crippen LogP contribution < -0.4 is 0 Å². The number of carbonyl (C=O) groups is 2. The zero-order valence-corrected chi connectivity index (χ0v) is 11.8. The molecule has 0 saturated carbocycles. The summed E-state index contributed by atoms with van der Waals surface area (Å²) in [6.07, 6.45) is 0.704. The van der Waals surface area contributed by atoms with Crippen molar-refractivity contribution < 1.29 is 47.3 Å². The van der Waals surface area contributed by atoms with Gasteiger partial charge < -0.3 is 24.7 Å². The third-order valence-electron chi connectivity index (χ3n) is 2.42. The van der Waals surface area contributed by atoms with Gasteiger partial charge in [0.2, 0.25) is 5.91 Å². The van der Waals surface area contributed by atoms with Gasteiger partial charge in [-0.3, -0.25) is 9.32 Å². The van der Waals surface area contributed by atoms with Gasteiger partial charge in [0.1, 0.15) is 12.6 Å². The second-order valence-corrected chi connectivity index (χ2v) is 6.73. The van der Waals surface area contributed by atoms with Crippen LogP contribution in [0, 0.1) is 0 Å². The normalized spacial score (nSPS) is 22.6. The van der Waals surface area contributed by atoms with E-state index in [1.54, 1.807) is 0 Å². The number of phosphoric acid groups is 2. The van der Waals surface area contributed by atoms with E-state index in [9.17, 15) is 18.7 Å². The lowest BCUT2D eigenvalue weighted by atomic mass is 10.2. The lowest BCUT2D eigenvalue weighted by Gasteiger charge is -2.21. The van der Waals surface area contributed by atoms with Crippen molar-refractivity contribution in [1.29, 1.82) is 0 Å². The number of hydrogen-bond acceptors (Lipinski definition) is 6. The third-order valence-corrected chi connectivity index (χ3v) is 4.55. The van der Waals surface area contributed by atoms with E-state index in [1.807, 2.05) is 0 Å². The SMILES string of the molecule is O=C(O)[C@H]1CCCN1C(=O)COP(=O)(O)OP(=O)(O)O. The van der Waals surface area contributed by atoms with Gasteiger partial charge in [0.05, 0.1) is 0 Å². The molecule has 0 aromatic carbocycles. The summed E-state index contributed by atoms with van der Waals surface area (Å²) in [6, 6.07) is -1.05. The van der Waals surface area contributed by atoms with Crippen LogP contribution in [0.3, 0.4) is 0 Å². The van der Waals surface area contributed by atoms with E-state index >= 15 is 0 Å². The molecular weight excluding hydrogens is 320 g/mol. The molecule has 1 unspecified atom stereocenters. The summed E-state index contributed by atoms with van der Waals surface area (Å²) in [4.78, 5) is 49.1. The van der Waals surface area contributed by atoms with Crippen molar-refractivity contribution in [3.8, 4) is 0 Å². The van der Waals surface area contributed by atoms with Crippen molar-refractivity contribution in [1.82, 2.24) is 4.90 Å². The summed E-state index contributed by atoms with van der Waals surface area (Å²) in [5.41, 5.74) is 0. The Hall–Kier alpha value is -0.800. The van der Waals surface area contributed by atoms with Gasteiger partial charge in [-0.2, -0.15) is 4.31 Å². The topological polar surface area (TPSA) is 171 Å². The molecule has 0 aromatic rings. The summed E-state index contributed by atoms with van der Waals surface area (Å²) in [6.45, 7) is -0.883. The molecule has 0 aromatic heterocycles. The number of rotatable bonds is 6. The number of carboxylic acid groups (broad SMARTS) is 1. The van der Waals surface area contributed by atoms with E-state index in [-0.39, 0.29) is 13.0 Å². The maximum Gasteiger partial charge on any atom is 0.481 e. The summed E-state index contributed by atoms with van der Waals surface area (Å²) < 4.78 is 29.1. The van der Waals surface area contributed by atoms with Crippen LogP contribution in [0.15, 0.2) is 0 Å². The number of likely N-dealkylation sites (tertiary alicyclic amines) is 1. The van der Waals surface area contributed by atoms with E-state index in [0.29, 0.717) is 6.42 Å². The number of hydrogen-bond donors (Lipinski definition) is 4. The maximum atomic E-state index is 11.6. The van der Waals surface area contributed by atoms with Gasteiger partial charge in [-0.15, -0.1) is 0 Å². The van der Waals surface area contributed by atoms with Crippen molar-refractivity contribution in [3.05, 3.63) is 0 Å². The first kappa shape index (κ1) is 17.3. The van der Waals surface area contributed by atoms with Crippen molar-refractivity contribution in [3.63, 3.8) is 0 Å². The lowest BCUT2D eigenvalue weighted by Crippen LogP contribution is -2.42. The number of nitrogens with zero attached hydrogens (tertiary/aromatic N) is 1. The number of carboxylic acids is 1. The molecule has 116 valence electrons. The molecule has 1 heterocycles. The molecule has 4 N–H and O–H groups in total. The Kier molecular flexibility index (Phi) is 5.45. The van der Waals surface area contributed by atoms with Gasteiger partial charge in [0.15, 0.2) is 0 Å². The monoisotopic (exact) mass is 333 g/mol. The summed E-state index contributed by atoms with van der Waals surface area (Å²) in [5.74, 6) is -2.10. The number of aliphatic carboxylic acids is 1. The molecule has 1 aliphatic heterocycles. The zero-order chi connectivity index (χ0) is 15.6. The Balaban J connectivity index is 2.57. The number of carbonyl (C=O) groups excluding carboxylic acids is 1. The van der Waals surface area contributed by atoms with Crippen LogP contribution in [-0.4, -0.2) is 55.8 Å². The van der Waals surface area contributed by atoms with Crippen LogP contribution in [0.4, 0.5) is 0 Å². The number of phosphoric ester groups is 1. The summed E-state index contributed by atoms with van der Waals surface area (Å²) >= 11 is 0. The van der Waals surface area contributed by atoms with Gasteiger partial charge in [0.25, 0.3) is 0 Å². The first-order chi connectivity index (χ1) is 9.02. The third kappa shape index (κ3) is 5.29. The molecular formula is C7H13NO10P2. The first-order valence-corrected chi connectivity index (χ1v) is 8.31. The van der Waals surface area contributed by atoms with E-state index < -0.39 is 40.2 Å². The van der Waals surface area contributed by atoms with E-state index in [1.165, 1.54) is 0 Å². The zero-order valence-electron chi connectivity index (χ0n) is 9.99. The van der Waals surface area contributed by atoms with Gasteiger partial charge in [-0.05, 0) is 12.8 Å². The van der Waals surface area contributed by atoms with Crippen molar-refractivity contribution in [2.75, 3.05) is 13.2 Å². The fourth-order valence-corrected chi connectivity index (χ4v) is 3.24. The quantitative estimate of drug-likeness (QED) is 0.455. The van der Waals surface area contributed by atoms with Crippen molar-refractivity contribution in [2.24, 2.45) is 0 Å². The van der Waals surface area contributed by atoms with Gasteiger partial charge in [-0.25, -0.2) is 13.9 Å². The largest absolute Gasteiger partial charge is 0.481 e. The summed E-state index contributed by atoms with van der Waals surface area (Å²) in [7, 11) is -10.4. The highest BCUT2D eigenvalue weighted by atomic mass is 31.3. The molecule has 0 bridgehead atoms. The Bertz CT molecular complexity index is 486. The maximum absolute atomic E-state index is 11.6. The highest BCUT2D eigenvalue weighted by Gasteiger charge is 2.37. The average Bonchev–Trinajstić information content (AvgIpc) is 2.71. The smallest absolute Gasteiger partial charge is 0.480 e. The summed E-state index contributed by atoms with van der Waals surface area (Å²) in [5, 5.41) is 8.85. The van der Waals surface area contributed by atoms with Crippen LogP contribution in [0.2, 0.25) is 0 Å². The second kappa shape index (κ2) is 6.31. The predicted molar refractivity (Wildman–Crippen MR) is 61.3 cm³/mol. The van der Waals surface area contributed by atoms with Gasteiger partial charge in [0, 0.05) is 6.54 Å². The molecule has 1 saturated heterocycles. The van der Waals surface area contributed by atoms with Gasteiger partial charge >= 0.3 is 21.6 Å². The standard InChI is InChI=1S/C7H13NO10P2/c9-6(8-3-1-2-5(8)7(10)11)4-17-20(15,16)18-19(12,13)14/h5H,1-4H2,(H,10,11)(H,15,16)(H2,12,13,14)/t5-/m1/s1. The molecule has 1 amide bonds. The lowest BCUT2D eigenvalue weighted by molar-refractivity contribution is -0.149. The van der Waals surface area contributed by atoms with E-state index in [0.717, 1.165) is 4.90 Å². The van der Waals surface area contributed by atoms with Gasteiger partial charge in [-0.1, -0.05) is 0 Å². The molecule has 0 spiro atoms. The molecule has 0 aliphatic carbocycles. The Morgan fingerprint density at radius 1 is 1.25 bits per heavy atom. The predicted octanol–water partition coefficient (Wildman–Crippen LogP) is -0.712. The molecule has 1 fully saturated rings. The minimum atomic E-state index is -5.26. The Labute approximate surface area is 113 Å². The average molecular weight is 333 g/mol. The second-order valence-electron chi connectivity index (χ2n) is 3.90. The molecule has 1 rings (SSSR count). The number of amides is 1. The molecule has 20 heavy (non-hydrogen) atoms.